The molecule has 0 unspecified atom stereocenters. The van der Waals surface area contributed by atoms with E-state index in [-0.39, 0.29) is 24.0 Å². The molecule has 31 heavy (non-hydrogen) atoms. The van der Waals surface area contributed by atoms with Crippen LogP contribution in [0.2, 0.25) is 0 Å². The van der Waals surface area contributed by atoms with Crippen LogP contribution in [0.15, 0.2) is 28.6 Å². The molecule has 0 saturated carbocycles. The zero-order chi connectivity index (χ0) is 21.5. The number of halogens is 1. The summed E-state index contributed by atoms with van der Waals surface area (Å²) in [5.74, 6) is 0.823. The number of hydrogen-bond donors (Lipinski definition) is 2. The van der Waals surface area contributed by atoms with Gasteiger partial charge in [-0.15, -0.1) is 35.3 Å². The van der Waals surface area contributed by atoms with Gasteiger partial charge in [-0.25, -0.2) is 4.98 Å². The molecule has 0 radical (unpaired) electrons. The largest absolute Gasteiger partial charge is 0.369 e. The second-order valence-corrected chi connectivity index (χ2v) is 8.75. The van der Waals surface area contributed by atoms with Crippen molar-refractivity contribution in [3.05, 3.63) is 40.4 Å². The zero-order valence-corrected chi connectivity index (χ0v) is 22.5. The Morgan fingerprint density at radius 2 is 1.90 bits per heavy atom. The van der Waals surface area contributed by atoms with Crippen LogP contribution in [0.4, 0.5) is 10.8 Å². The number of nitrogens with one attached hydrogen (secondary N) is 2. The number of aromatic nitrogens is 1. The molecule has 2 aromatic rings. The predicted octanol–water partition coefficient (Wildman–Crippen LogP) is 2.93. The molecule has 9 heteroatoms. The van der Waals surface area contributed by atoms with Gasteiger partial charge in [0.1, 0.15) is 0 Å². The van der Waals surface area contributed by atoms with Gasteiger partial charge in [-0.2, -0.15) is 0 Å². The Hall–Kier alpha value is -1.59. The quantitative estimate of drug-likeness (QED) is 0.310. The molecule has 1 aromatic heterocycles. The van der Waals surface area contributed by atoms with Gasteiger partial charge in [0.15, 0.2) is 11.1 Å². The Kier molecular flexibility index (Phi) is 10.3. The van der Waals surface area contributed by atoms with E-state index < -0.39 is 0 Å². The zero-order valence-electron chi connectivity index (χ0n) is 19.3. The number of hydrogen-bond acceptors (Lipinski definition) is 6. The fourth-order valence-corrected chi connectivity index (χ4v) is 4.36. The van der Waals surface area contributed by atoms with Crippen molar-refractivity contribution in [1.29, 1.82) is 0 Å². The van der Waals surface area contributed by atoms with Crippen LogP contribution in [0, 0.1) is 13.8 Å². The second kappa shape index (κ2) is 12.4. The third kappa shape index (κ3) is 7.21. The molecule has 0 atom stereocenters. The molecule has 2 N–H and O–H groups in total. The minimum Gasteiger partial charge on any atom is -0.369 e. The third-order valence-electron chi connectivity index (χ3n) is 5.59. The van der Waals surface area contributed by atoms with Crippen molar-refractivity contribution in [3.63, 3.8) is 0 Å². The molecular formula is C22H36IN7S. The number of aryl methyl sites for hydroxylation is 1. The van der Waals surface area contributed by atoms with Crippen molar-refractivity contribution in [2.24, 2.45) is 4.99 Å². The van der Waals surface area contributed by atoms with Gasteiger partial charge in [0.2, 0.25) is 0 Å². The summed E-state index contributed by atoms with van der Waals surface area (Å²) in [6.45, 7) is 11.3. The number of benzene rings is 1. The summed E-state index contributed by atoms with van der Waals surface area (Å²) in [6.07, 6.45) is 0. The van der Waals surface area contributed by atoms with Gasteiger partial charge in [-0.1, -0.05) is 12.1 Å². The summed E-state index contributed by atoms with van der Waals surface area (Å²) < 4.78 is 0. The summed E-state index contributed by atoms with van der Waals surface area (Å²) in [5, 5.41) is 9.89. The van der Waals surface area contributed by atoms with E-state index in [4.69, 9.17) is 0 Å². The van der Waals surface area contributed by atoms with E-state index in [1.165, 1.54) is 16.8 Å². The first-order chi connectivity index (χ1) is 14.5. The van der Waals surface area contributed by atoms with Gasteiger partial charge < -0.3 is 20.4 Å². The third-order valence-corrected chi connectivity index (χ3v) is 6.65. The molecule has 2 heterocycles. The van der Waals surface area contributed by atoms with Crippen LogP contribution in [0.25, 0.3) is 0 Å². The smallest absolute Gasteiger partial charge is 0.191 e. The van der Waals surface area contributed by atoms with E-state index in [1.54, 1.807) is 11.3 Å². The molecule has 0 bridgehead atoms. The fraction of sp³-hybridized carbons (Fsp3) is 0.545. The molecule has 0 spiro atoms. The Balaban J connectivity index is 0.00000341. The van der Waals surface area contributed by atoms with Gasteiger partial charge >= 0.3 is 0 Å². The van der Waals surface area contributed by atoms with Crippen molar-refractivity contribution < 1.29 is 0 Å². The van der Waals surface area contributed by atoms with E-state index in [2.05, 4.69) is 67.8 Å². The number of nitrogens with zero attached hydrogens (tertiary/aromatic N) is 5. The van der Waals surface area contributed by atoms with Gasteiger partial charge in [-0.05, 0) is 31.0 Å². The predicted molar refractivity (Wildman–Crippen MR) is 145 cm³/mol. The number of anilines is 2. The van der Waals surface area contributed by atoms with Gasteiger partial charge in [0, 0.05) is 71.5 Å². The molecule has 0 aliphatic carbocycles. The summed E-state index contributed by atoms with van der Waals surface area (Å²) in [7, 11) is 5.83. The molecule has 1 saturated heterocycles. The number of piperazine rings is 1. The van der Waals surface area contributed by atoms with E-state index in [0.29, 0.717) is 6.54 Å². The average Bonchev–Trinajstić information content (AvgIpc) is 3.22. The van der Waals surface area contributed by atoms with Crippen molar-refractivity contribution in [1.82, 2.24) is 20.5 Å². The highest BCUT2D eigenvalue weighted by Crippen LogP contribution is 2.23. The molecule has 7 nitrogen and oxygen atoms in total. The van der Waals surface area contributed by atoms with Crippen LogP contribution < -0.4 is 20.4 Å². The van der Waals surface area contributed by atoms with E-state index >= 15 is 0 Å². The van der Waals surface area contributed by atoms with Crippen LogP contribution in [0.3, 0.4) is 0 Å². The Labute approximate surface area is 208 Å². The first-order valence-electron chi connectivity index (χ1n) is 10.6. The van der Waals surface area contributed by atoms with Crippen molar-refractivity contribution >= 4 is 52.1 Å². The van der Waals surface area contributed by atoms with Crippen LogP contribution in [0.1, 0.15) is 16.8 Å². The Morgan fingerprint density at radius 1 is 1.16 bits per heavy atom. The van der Waals surface area contributed by atoms with E-state index in [9.17, 15) is 0 Å². The first-order valence-corrected chi connectivity index (χ1v) is 11.5. The Morgan fingerprint density at radius 3 is 2.55 bits per heavy atom. The molecule has 1 aliphatic heterocycles. The molecule has 172 valence electrons. The van der Waals surface area contributed by atoms with Gasteiger partial charge in [0.25, 0.3) is 0 Å². The topological polar surface area (TPSA) is 59.0 Å². The summed E-state index contributed by atoms with van der Waals surface area (Å²) in [5.41, 5.74) is 5.19. The summed E-state index contributed by atoms with van der Waals surface area (Å²) >= 11 is 1.66. The van der Waals surface area contributed by atoms with Gasteiger partial charge in [0.05, 0.1) is 12.2 Å². The minimum absolute atomic E-state index is 0. The molecular weight excluding hydrogens is 521 g/mol. The molecule has 0 amide bonds. The van der Waals surface area contributed by atoms with Gasteiger partial charge in [-0.3, -0.25) is 9.89 Å². The highest BCUT2D eigenvalue weighted by atomic mass is 127. The fourth-order valence-electron chi connectivity index (χ4n) is 3.60. The van der Waals surface area contributed by atoms with Crippen LogP contribution in [0.5, 0.6) is 0 Å². The molecule has 1 fully saturated rings. The summed E-state index contributed by atoms with van der Waals surface area (Å²) in [4.78, 5) is 16.0. The summed E-state index contributed by atoms with van der Waals surface area (Å²) in [6, 6.07) is 6.61. The standard InChI is InChI=1S/C22H35N7S.HI/c1-17-7-6-8-20(18(17)2)29-13-11-28(12-14-29)10-9-24-21(23-3)25-15-19-16-30-22(26-19)27(4)5;/h6-8,16H,9-15H2,1-5H3,(H2,23,24,25);1H. The highest BCUT2D eigenvalue weighted by Gasteiger charge is 2.18. The highest BCUT2D eigenvalue weighted by molar-refractivity contribution is 14.0. The molecule has 1 aromatic carbocycles. The number of aliphatic imine (C=N–C) groups is 1. The minimum atomic E-state index is 0. The van der Waals surface area contributed by atoms with Crippen LogP contribution in [-0.2, 0) is 6.54 Å². The lowest BCUT2D eigenvalue weighted by Crippen LogP contribution is -2.49. The monoisotopic (exact) mass is 557 g/mol. The molecule has 1 aliphatic rings. The average molecular weight is 558 g/mol. The van der Waals surface area contributed by atoms with Crippen LogP contribution >= 0.6 is 35.3 Å². The number of guanidine groups is 1. The number of thiazole rings is 1. The maximum Gasteiger partial charge on any atom is 0.191 e. The lowest BCUT2D eigenvalue weighted by Gasteiger charge is -2.37. The van der Waals surface area contributed by atoms with Crippen molar-refractivity contribution in [2.75, 3.05) is 70.2 Å². The first kappa shape index (κ1) is 25.7. The Bertz CT molecular complexity index is 844. The second-order valence-electron chi connectivity index (χ2n) is 7.92. The van der Waals surface area contributed by atoms with Crippen molar-refractivity contribution in [2.45, 2.75) is 20.4 Å². The van der Waals surface area contributed by atoms with Crippen LogP contribution in [-0.4, -0.2) is 76.3 Å². The lowest BCUT2D eigenvalue weighted by molar-refractivity contribution is 0.261. The SMILES string of the molecule is CN=C(NCCN1CCN(c2cccc(C)c2C)CC1)NCc1csc(N(C)C)n1.I. The van der Waals surface area contributed by atoms with Crippen molar-refractivity contribution in [3.8, 4) is 0 Å². The maximum absolute atomic E-state index is 4.60. The maximum atomic E-state index is 4.60. The van der Waals surface area contributed by atoms with E-state index in [0.717, 1.165) is 56.1 Å². The lowest BCUT2D eigenvalue weighted by atomic mass is 10.1. The van der Waals surface area contributed by atoms with E-state index in [1.807, 2.05) is 26.0 Å². The number of rotatable bonds is 7. The molecule has 3 rings (SSSR count). The normalized spacial score (nSPS) is 14.9.